The molecule has 1 aromatic heterocycles. The first kappa shape index (κ1) is 14.4. The molecule has 0 radical (unpaired) electrons. The molecule has 2 aromatic rings. The maximum atomic E-state index is 11.9. The Kier molecular flexibility index (Phi) is 3.96. The number of aryl methyl sites for hydroxylation is 1. The Bertz CT molecular complexity index is 724. The Hall–Kier alpha value is -2.56. The second-order valence-corrected chi connectivity index (χ2v) is 5.69. The third kappa shape index (κ3) is 3.19. The average Bonchev–Trinajstić information content (AvgIpc) is 3.30. The van der Waals surface area contributed by atoms with Gasteiger partial charge in [0.2, 0.25) is 0 Å². The molecule has 2 atom stereocenters. The van der Waals surface area contributed by atoms with Crippen LogP contribution >= 0.6 is 0 Å². The molecule has 0 spiro atoms. The van der Waals surface area contributed by atoms with Gasteiger partial charge in [0, 0.05) is 19.8 Å². The van der Waals surface area contributed by atoms with Crippen LogP contribution in [0.5, 0.6) is 0 Å². The molecule has 2 amide bonds. The molecule has 1 aliphatic rings. The first-order valence-electron chi connectivity index (χ1n) is 7.40. The largest absolute Gasteiger partial charge is 0.338 e. The fraction of sp³-hybridized carbons (Fsp3) is 0.294. The number of nitrogens with one attached hydrogen (secondary N) is 2. The minimum absolute atomic E-state index is 0.216. The van der Waals surface area contributed by atoms with E-state index in [1.807, 2.05) is 18.2 Å². The highest BCUT2D eigenvalue weighted by molar-refractivity contribution is 5.88. The van der Waals surface area contributed by atoms with Crippen molar-refractivity contribution in [2.45, 2.75) is 12.3 Å². The van der Waals surface area contributed by atoms with Gasteiger partial charge in [0.1, 0.15) is 5.69 Å². The highest BCUT2D eigenvalue weighted by atomic mass is 16.2. The van der Waals surface area contributed by atoms with Gasteiger partial charge >= 0.3 is 6.03 Å². The maximum absolute atomic E-state index is 11.9. The zero-order valence-electron chi connectivity index (χ0n) is 12.5. The van der Waals surface area contributed by atoms with Crippen LogP contribution in [0.3, 0.4) is 0 Å². The van der Waals surface area contributed by atoms with Crippen LogP contribution in [0.2, 0.25) is 0 Å². The summed E-state index contributed by atoms with van der Waals surface area (Å²) in [6.45, 7) is 0.624. The van der Waals surface area contributed by atoms with Crippen LogP contribution in [-0.2, 0) is 7.05 Å². The van der Waals surface area contributed by atoms with Crippen LogP contribution in [0.1, 0.15) is 17.9 Å². The summed E-state index contributed by atoms with van der Waals surface area (Å²) in [7, 11) is 1.65. The van der Waals surface area contributed by atoms with Crippen molar-refractivity contribution in [3.05, 3.63) is 64.6 Å². The lowest BCUT2D eigenvalue weighted by molar-refractivity contribution is 0.251. The fourth-order valence-corrected chi connectivity index (χ4v) is 2.66. The average molecular weight is 297 g/mol. The van der Waals surface area contributed by atoms with E-state index >= 15 is 0 Å². The second-order valence-electron chi connectivity index (χ2n) is 5.69. The third-order valence-corrected chi connectivity index (χ3v) is 4.05. The number of pyridine rings is 1. The van der Waals surface area contributed by atoms with Crippen molar-refractivity contribution in [1.29, 1.82) is 0 Å². The summed E-state index contributed by atoms with van der Waals surface area (Å²) >= 11 is 0. The van der Waals surface area contributed by atoms with E-state index in [1.165, 1.54) is 10.1 Å². The molecule has 0 unspecified atom stereocenters. The first-order chi connectivity index (χ1) is 10.6. The smallest absolute Gasteiger partial charge is 0.319 e. The summed E-state index contributed by atoms with van der Waals surface area (Å²) in [4.78, 5) is 23.7. The van der Waals surface area contributed by atoms with Crippen LogP contribution in [0.4, 0.5) is 10.5 Å². The molecule has 1 fully saturated rings. The second kappa shape index (κ2) is 6.05. The van der Waals surface area contributed by atoms with E-state index in [1.54, 1.807) is 25.4 Å². The molecule has 5 heteroatoms. The van der Waals surface area contributed by atoms with Gasteiger partial charge in [-0.3, -0.25) is 4.79 Å². The summed E-state index contributed by atoms with van der Waals surface area (Å²) in [6, 6.07) is 13.3. The molecular weight excluding hydrogens is 278 g/mol. The predicted molar refractivity (Wildman–Crippen MR) is 86.0 cm³/mol. The van der Waals surface area contributed by atoms with E-state index in [0.29, 0.717) is 18.4 Å². The predicted octanol–water partition coefficient (Wildman–Crippen LogP) is 2.31. The molecular formula is C17H19N3O2. The molecule has 2 N–H and O–H groups in total. The van der Waals surface area contributed by atoms with Crippen LogP contribution in [0.25, 0.3) is 0 Å². The number of anilines is 1. The van der Waals surface area contributed by atoms with Crippen LogP contribution in [0.15, 0.2) is 53.5 Å². The lowest BCUT2D eigenvalue weighted by Crippen LogP contribution is -2.33. The third-order valence-electron chi connectivity index (χ3n) is 4.05. The standard InChI is InChI=1S/C17H19N3O2/c1-20-9-5-8-15(16(20)21)19-17(22)18-11-13-10-14(13)12-6-3-2-4-7-12/h2-9,13-14H,10-11H2,1H3,(H2,18,19,22)/t13-,14-/m1/s1. The van der Waals surface area contributed by atoms with Crippen molar-refractivity contribution in [1.82, 2.24) is 9.88 Å². The van der Waals surface area contributed by atoms with Crippen molar-refractivity contribution < 1.29 is 4.79 Å². The highest BCUT2D eigenvalue weighted by Crippen LogP contribution is 2.46. The quantitative estimate of drug-likeness (QED) is 0.909. The van der Waals surface area contributed by atoms with Crippen molar-refractivity contribution in [3.63, 3.8) is 0 Å². The normalized spacial score (nSPS) is 19.5. The number of urea groups is 1. The molecule has 0 aliphatic heterocycles. The van der Waals surface area contributed by atoms with Crippen molar-refractivity contribution in [2.75, 3.05) is 11.9 Å². The minimum Gasteiger partial charge on any atom is -0.338 e. The van der Waals surface area contributed by atoms with E-state index in [0.717, 1.165) is 6.42 Å². The summed E-state index contributed by atoms with van der Waals surface area (Å²) in [6.07, 6.45) is 2.75. The number of carbonyl (C=O) groups is 1. The van der Waals surface area contributed by atoms with E-state index < -0.39 is 0 Å². The van der Waals surface area contributed by atoms with Gasteiger partial charge in [-0.2, -0.15) is 0 Å². The molecule has 3 rings (SSSR count). The molecule has 0 bridgehead atoms. The Morgan fingerprint density at radius 1 is 1.23 bits per heavy atom. The SMILES string of the molecule is Cn1cccc(NC(=O)NC[C@H]2C[C@@H]2c2ccccc2)c1=O. The highest BCUT2D eigenvalue weighted by Gasteiger charge is 2.37. The van der Waals surface area contributed by atoms with Gasteiger partial charge in [-0.05, 0) is 36.0 Å². The Labute approximate surface area is 129 Å². The maximum Gasteiger partial charge on any atom is 0.319 e. The number of nitrogens with zero attached hydrogens (tertiary/aromatic N) is 1. The van der Waals surface area contributed by atoms with Crippen LogP contribution in [-0.4, -0.2) is 17.1 Å². The zero-order chi connectivity index (χ0) is 15.5. The summed E-state index contributed by atoms with van der Waals surface area (Å²) in [5, 5.41) is 5.45. The number of amides is 2. The van der Waals surface area contributed by atoms with E-state index in [-0.39, 0.29) is 17.3 Å². The van der Waals surface area contributed by atoms with Crippen LogP contribution in [0, 0.1) is 5.92 Å². The zero-order valence-corrected chi connectivity index (χ0v) is 12.5. The molecule has 22 heavy (non-hydrogen) atoms. The topological polar surface area (TPSA) is 63.1 Å². The Balaban J connectivity index is 1.50. The number of benzene rings is 1. The summed E-state index contributed by atoms with van der Waals surface area (Å²) in [5.74, 6) is 1.01. The number of hydrogen-bond acceptors (Lipinski definition) is 2. The van der Waals surface area contributed by atoms with Gasteiger partial charge in [0.15, 0.2) is 0 Å². The first-order valence-corrected chi connectivity index (χ1v) is 7.40. The Morgan fingerprint density at radius 3 is 2.77 bits per heavy atom. The van der Waals surface area contributed by atoms with Gasteiger partial charge < -0.3 is 15.2 Å². The molecule has 1 aliphatic carbocycles. The molecule has 114 valence electrons. The monoisotopic (exact) mass is 297 g/mol. The van der Waals surface area contributed by atoms with Crippen molar-refractivity contribution >= 4 is 11.7 Å². The van der Waals surface area contributed by atoms with Crippen LogP contribution < -0.4 is 16.2 Å². The van der Waals surface area contributed by atoms with E-state index in [4.69, 9.17) is 0 Å². The summed E-state index contributed by atoms with van der Waals surface area (Å²) < 4.78 is 1.43. The fourth-order valence-electron chi connectivity index (χ4n) is 2.66. The number of rotatable bonds is 4. The lowest BCUT2D eigenvalue weighted by atomic mass is 10.1. The molecule has 5 nitrogen and oxygen atoms in total. The molecule has 1 aromatic carbocycles. The van der Waals surface area contributed by atoms with E-state index in [9.17, 15) is 9.59 Å². The lowest BCUT2D eigenvalue weighted by Gasteiger charge is -2.08. The molecule has 1 heterocycles. The van der Waals surface area contributed by atoms with Gasteiger partial charge in [-0.15, -0.1) is 0 Å². The van der Waals surface area contributed by atoms with Gasteiger partial charge in [-0.25, -0.2) is 4.79 Å². The van der Waals surface area contributed by atoms with E-state index in [2.05, 4.69) is 22.8 Å². The van der Waals surface area contributed by atoms with Gasteiger partial charge in [-0.1, -0.05) is 30.3 Å². The van der Waals surface area contributed by atoms with Gasteiger partial charge in [0.05, 0.1) is 0 Å². The van der Waals surface area contributed by atoms with Crippen molar-refractivity contribution in [2.24, 2.45) is 13.0 Å². The molecule has 1 saturated carbocycles. The molecule has 0 saturated heterocycles. The summed E-state index contributed by atoms with van der Waals surface area (Å²) in [5.41, 5.74) is 1.40. The van der Waals surface area contributed by atoms with Crippen molar-refractivity contribution in [3.8, 4) is 0 Å². The Morgan fingerprint density at radius 2 is 2.00 bits per heavy atom. The van der Waals surface area contributed by atoms with Gasteiger partial charge in [0.25, 0.3) is 5.56 Å². The number of aromatic nitrogens is 1. The number of carbonyl (C=O) groups excluding carboxylic acids is 1. The minimum atomic E-state index is -0.331. The number of hydrogen-bond donors (Lipinski definition) is 2.